The molecule has 1 amide bonds. The van der Waals surface area contributed by atoms with Crippen molar-refractivity contribution in [3.8, 4) is 0 Å². The molecule has 1 rings (SSSR count). The molecule has 0 radical (unpaired) electrons. The van der Waals surface area contributed by atoms with Crippen LogP contribution in [0.2, 0.25) is 0 Å². The molecule has 0 fully saturated rings. The van der Waals surface area contributed by atoms with Gasteiger partial charge in [0.15, 0.2) is 0 Å². The third kappa shape index (κ3) is 6.29. The predicted octanol–water partition coefficient (Wildman–Crippen LogP) is 1.01. The van der Waals surface area contributed by atoms with Crippen LogP contribution < -0.4 is 15.4 Å². The van der Waals surface area contributed by atoms with Gasteiger partial charge in [0.2, 0.25) is 15.9 Å². The molecule has 0 saturated heterocycles. The molecule has 0 bridgehead atoms. The Morgan fingerprint density at radius 3 is 2.22 bits per heavy atom. The summed E-state index contributed by atoms with van der Waals surface area (Å²) in [7, 11) is -3.61. The summed E-state index contributed by atoms with van der Waals surface area (Å²) >= 11 is 0. The number of benzene rings is 1. The van der Waals surface area contributed by atoms with Crippen LogP contribution in [0.4, 0.5) is 0 Å². The van der Waals surface area contributed by atoms with Crippen molar-refractivity contribution in [2.75, 3.05) is 26.2 Å². The molecule has 0 unspecified atom stereocenters. The highest BCUT2D eigenvalue weighted by Crippen LogP contribution is 2.21. The van der Waals surface area contributed by atoms with E-state index in [4.69, 9.17) is 0 Å². The van der Waals surface area contributed by atoms with E-state index >= 15 is 0 Å². The highest BCUT2D eigenvalue weighted by Gasteiger charge is 2.19. The van der Waals surface area contributed by atoms with Crippen LogP contribution in [0.1, 0.15) is 30.0 Å². The number of carbonyl (C=O) groups excluding carboxylic acids is 1. The van der Waals surface area contributed by atoms with Crippen molar-refractivity contribution in [1.29, 1.82) is 0 Å². The van der Waals surface area contributed by atoms with Crippen molar-refractivity contribution >= 4 is 15.9 Å². The van der Waals surface area contributed by atoms with Gasteiger partial charge in [0.05, 0.1) is 4.90 Å². The Bertz CT molecular complexity index is 619. The van der Waals surface area contributed by atoms with E-state index in [9.17, 15) is 13.2 Å². The number of aryl methyl sites for hydroxylation is 3. The standard InChI is InChI=1S/C16H27N3O3S/c1-5-17-8-9-18-15(20)6-7-19-23(21,22)16-13(3)10-12(2)11-14(16)4/h10-11,17,19H,5-9H2,1-4H3,(H,18,20). The van der Waals surface area contributed by atoms with E-state index in [1.54, 1.807) is 13.8 Å². The van der Waals surface area contributed by atoms with Crippen LogP contribution in [0.5, 0.6) is 0 Å². The lowest BCUT2D eigenvalue weighted by atomic mass is 10.1. The van der Waals surface area contributed by atoms with Crippen molar-refractivity contribution < 1.29 is 13.2 Å². The summed E-state index contributed by atoms with van der Waals surface area (Å²) in [4.78, 5) is 11.9. The SMILES string of the molecule is CCNCCNC(=O)CCNS(=O)(=O)c1c(C)cc(C)cc1C. The lowest BCUT2D eigenvalue weighted by molar-refractivity contribution is -0.120. The average molecular weight is 341 g/mol. The Labute approximate surface area is 139 Å². The average Bonchev–Trinajstić information content (AvgIpc) is 2.41. The van der Waals surface area contributed by atoms with Crippen LogP contribution in [-0.2, 0) is 14.8 Å². The lowest BCUT2D eigenvalue weighted by Crippen LogP contribution is -2.34. The zero-order valence-electron chi connectivity index (χ0n) is 14.3. The number of nitrogens with one attached hydrogen (secondary N) is 3. The maximum absolute atomic E-state index is 12.4. The fourth-order valence-electron chi connectivity index (χ4n) is 2.52. The smallest absolute Gasteiger partial charge is 0.241 e. The number of carbonyl (C=O) groups is 1. The van der Waals surface area contributed by atoms with Crippen molar-refractivity contribution in [2.24, 2.45) is 0 Å². The molecule has 0 aliphatic carbocycles. The number of hydrogen-bond donors (Lipinski definition) is 3. The van der Waals surface area contributed by atoms with Crippen LogP contribution in [0, 0.1) is 20.8 Å². The third-order valence-electron chi connectivity index (χ3n) is 3.39. The monoisotopic (exact) mass is 341 g/mol. The van der Waals surface area contributed by atoms with Crippen molar-refractivity contribution in [2.45, 2.75) is 39.0 Å². The van der Waals surface area contributed by atoms with Gasteiger partial charge in [-0.05, 0) is 38.4 Å². The maximum Gasteiger partial charge on any atom is 0.241 e. The van der Waals surface area contributed by atoms with E-state index < -0.39 is 10.0 Å². The Morgan fingerprint density at radius 1 is 1.04 bits per heavy atom. The zero-order valence-corrected chi connectivity index (χ0v) is 15.1. The molecule has 0 heterocycles. The minimum Gasteiger partial charge on any atom is -0.355 e. The first kappa shape index (κ1) is 19.6. The number of rotatable bonds is 9. The van der Waals surface area contributed by atoms with Crippen LogP contribution in [0.25, 0.3) is 0 Å². The van der Waals surface area contributed by atoms with Gasteiger partial charge in [-0.15, -0.1) is 0 Å². The van der Waals surface area contributed by atoms with Crippen LogP contribution >= 0.6 is 0 Å². The second-order valence-corrected chi connectivity index (χ2v) is 7.28. The van der Waals surface area contributed by atoms with Crippen LogP contribution in [0.3, 0.4) is 0 Å². The van der Waals surface area contributed by atoms with Crippen molar-refractivity contribution in [3.05, 3.63) is 28.8 Å². The second-order valence-electron chi connectivity index (χ2n) is 5.58. The maximum atomic E-state index is 12.4. The first-order valence-electron chi connectivity index (χ1n) is 7.83. The molecule has 6 nitrogen and oxygen atoms in total. The molecule has 7 heteroatoms. The summed E-state index contributed by atoms with van der Waals surface area (Å²) in [6.07, 6.45) is 0.120. The second kappa shape index (κ2) is 9.00. The molecule has 0 spiro atoms. The molecule has 3 N–H and O–H groups in total. The molecule has 130 valence electrons. The van der Waals surface area contributed by atoms with E-state index in [2.05, 4.69) is 15.4 Å². The molecular weight excluding hydrogens is 314 g/mol. The number of likely N-dealkylation sites (N-methyl/N-ethyl adjacent to an activating group) is 1. The summed E-state index contributed by atoms with van der Waals surface area (Å²) in [6, 6.07) is 3.68. The molecule has 0 saturated carbocycles. The van der Waals surface area contributed by atoms with Gasteiger partial charge in [-0.25, -0.2) is 13.1 Å². The van der Waals surface area contributed by atoms with Crippen molar-refractivity contribution in [1.82, 2.24) is 15.4 Å². The van der Waals surface area contributed by atoms with Gasteiger partial charge in [-0.1, -0.05) is 24.6 Å². The normalized spacial score (nSPS) is 11.5. The van der Waals surface area contributed by atoms with Gasteiger partial charge in [0.1, 0.15) is 0 Å². The topological polar surface area (TPSA) is 87.3 Å². The number of amides is 1. The van der Waals surface area contributed by atoms with Gasteiger partial charge in [-0.3, -0.25) is 4.79 Å². The summed E-state index contributed by atoms with van der Waals surface area (Å²) < 4.78 is 27.3. The van der Waals surface area contributed by atoms with Gasteiger partial charge in [0.25, 0.3) is 0 Å². The molecule has 0 aliphatic heterocycles. The number of hydrogen-bond acceptors (Lipinski definition) is 4. The largest absolute Gasteiger partial charge is 0.355 e. The first-order chi connectivity index (χ1) is 10.8. The number of sulfonamides is 1. The Balaban J connectivity index is 2.56. The van der Waals surface area contributed by atoms with E-state index in [1.165, 1.54) is 0 Å². The molecule has 0 aliphatic rings. The Kier molecular flexibility index (Phi) is 7.67. The molecule has 1 aromatic carbocycles. The van der Waals surface area contributed by atoms with Gasteiger partial charge < -0.3 is 10.6 Å². The Morgan fingerprint density at radius 2 is 1.65 bits per heavy atom. The van der Waals surface area contributed by atoms with Crippen LogP contribution in [-0.4, -0.2) is 40.5 Å². The molecular formula is C16H27N3O3S. The third-order valence-corrected chi connectivity index (χ3v) is 5.16. The lowest BCUT2D eigenvalue weighted by Gasteiger charge is -2.13. The van der Waals surface area contributed by atoms with E-state index in [1.807, 2.05) is 26.0 Å². The zero-order chi connectivity index (χ0) is 17.5. The molecule has 1 aromatic rings. The first-order valence-corrected chi connectivity index (χ1v) is 9.31. The van der Waals surface area contributed by atoms with E-state index in [-0.39, 0.29) is 18.9 Å². The summed E-state index contributed by atoms with van der Waals surface area (Å²) in [5.41, 5.74) is 2.45. The van der Waals surface area contributed by atoms with E-state index in [0.29, 0.717) is 29.1 Å². The summed E-state index contributed by atoms with van der Waals surface area (Å²) in [6.45, 7) is 9.66. The van der Waals surface area contributed by atoms with Crippen molar-refractivity contribution in [3.63, 3.8) is 0 Å². The minimum absolute atomic E-state index is 0.0854. The van der Waals surface area contributed by atoms with Gasteiger partial charge in [-0.2, -0.15) is 0 Å². The Hall–Kier alpha value is -1.44. The minimum atomic E-state index is -3.61. The predicted molar refractivity (Wildman–Crippen MR) is 92.0 cm³/mol. The van der Waals surface area contributed by atoms with Gasteiger partial charge in [0, 0.05) is 26.1 Å². The quantitative estimate of drug-likeness (QED) is 0.585. The van der Waals surface area contributed by atoms with Crippen LogP contribution in [0.15, 0.2) is 17.0 Å². The summed E-state index contributed by atoms with van der Waals surface area (Å²) in [5, 5.41) is 5.83. The summed E-state index contributed by atoms with van der Waals surface area (Å²) in [5.74, 6) is -0.164. The highest BCUT2D eigenvalue weighted by atomic mass is 32.2. The molecule has 0 aromatic heterocycles. The fourth-order valence-corrected chi connectivity index (χ4v) is 4.00. The van der Waals surface area contributed by atoms with E-state index in [0.717, 1.165) is 12.1 Å². The fraction of sp³-hybridized carbons (Fsp3) is 0.562. The molecule has 0 atom stereocenters. The highest BCUT2D eigenvalue weighted by molar-refractivity contribution is 7.89. The molecule has 23 heavy (non-hydrogen) atoms. The van der Waals surface area contributed by atoms with Gasteiger partial charge >= 0.3 is 0 Å².